The average molecular weight is 224 g/mol. The first kappa shape index (κ1) is 13.8. The fourth-order valence-corrected chi connectivity index (χ4v) is 2.39. The van der Waals surface area contributed by atoms with E-state index in [1.807, 2.05) is 6.92 Å². The maximum atomic E-state index is 11.4. The van der Waals surface area contributed by atoms with E-state index in [0.717, 1.165) is 0 Å². The lowest BCUT2D eigenvalue weighted by atomic mass is 10.2. The number of hydrogen-bond donors (Lipinski definition) is 2. The molecule has 0 amide bonds. The molecule has 0 fully saturated rings. The van der Waals surface area contributed by atoms with Crippen LogP contribution in [-0.2, 0) is 14.8 Å². The Morgan fingerprint density at radius 2 is 2.14 bits per heavy atom. The van der Waals surface area contributed by atoms with Crippen LogP contribution < -0.4 is 10.5 Å². The molecule has 0 saturated heterocycles. The van der Waals surface area contributed by atoms with Gasteiger partial charge in [0.2, 0.25) is 10.0 Å². The van der Waals surface area contributed by atoms with Crippen LogP contribution in [0.2, 0.25) is 0 Å². The van der Waals surface area contributed by atoms with Crippen molar-refractivity contribution >= 4 is 10.0 Å². The van der Waals surface area contributed by atoms with E-state index < -0.39 is 10.0 Å². The molecule has 0 aliphatic heterocycles. The molecule has 0 rings (SSSR count). The molecule has 0 aliphatic rings. The van der Waals surface area contributed by atoms with Gasteiger partial charge in [0.25, 0.3) is 0 Å². The van der Waals surface area contributed by atoms with E-state index in [1.165, 1.54) is 0 Å². The smallest absolute Gasteiger partial charge is 0.211 e. The second-order valence-electron chi connectivity index (χ2n) is 3.12. The predicted octanol–water partition coefficient (Wildman–Crippen LogP) is -0.320. The molecular formula is C8H20N2O3S. The molecule has 3 N–H and O–H groups in total. The van der Waals surface area contributed by atoms with Gasteiger partial charge < -0.3 is 10.5 Å². The van der Waals surface area contributed by atoms with E-state index >= 15 is 0 Å². The summed E-state index contributed by atoms with van der Waals surface area (Å²) in [5.74, 6) is 0.0946. The van der Waals surface area contributed by atoms with E-state index in [2.05, 4.69) is 4.72 Å². The molecule has 1 atom stereocenters. The Bertz CT molecular complexity index is 225. The summed E-state index contributed by atoms with van der Waals surface area (Å²) in [4.78, 5) is 0. The standard InChI is InChI=1S/C8H20N2O3S/c1-3-8(7-9)10-14(11,12)6-4-5-13-2/h8,10H,3-7,9H2,1-2H3. The van der Waals surface area contributed by atoms with E-state index in [0.29, 0.717) is 26.0 Å². The lowest BCUT2D eigenvalue weighted by Crippen LogP contribution is -2.40. The number of hydrogen-bond acceptors (Lipinski definition) is 4. The van der Waals surface area contributed by atoms with Crippen LogP contribution in [0.15, 0.2) is 0 Å². The monoisotopic (exact) mass is 224 g/mol. The summed E-state index contributed by atoms with van der Waals surface area (Å²) in [5, 5.41) is 0. The summed E-state index contributed by atoms with van der Waals surface area (Å²) in [6.07, 6.45) is 1.22. The number of ether oxygens (including phenoxy) is 1. The third kappa shape index (κ3) is 6.31. The van der Waals surface area contributed by atoms with Gasteiger partial charge in [-0.15, -0.1) is 0 Å². The number of rotatable bonds is 8. The number of sulfonamides is 1. The van der Waals surface area contributed by atoms with Crippen molar-refractivity contribution in [1.82, 2.24) is 4.72 Å². The molecule has 14 heavy (non-hydrogen) atoms. The minimum Gasteiger partial charge on any atom is -0.385 e. The Morgan fingerprint density at radius 3 is 2.57 bits per heavy atom. The van der Waals surface area contributed by atoms with Crippen molar-refractivity contribution in [2.75, 3.05) is 26.0 Å². The summed E-state index contributed by atoms with van der Waals surface area (Å²) >= 11 is 0. The predicted molar refractivity (Wildman–Crippen MR) is 56.5 cm³/mol. The van der Waals surface area contributed by atoms with Gasteiger partial charge in [-0.25, -0.2) is 13.1 Å². The zero-order valence-corrected chi connectivity index (χ0v) is 9.64. The highest BCUT2D eigenvalue weighted by molar-refractivity contribution is 7.89. The molecule has 0 saturated carbocycles. The van der Waals surface area contributed by atoms with Crippen LogP contribution >= 0.6 is 0 Å². The quantitative estimate of drug-likeness (QED) is 0.554. The molecule has 0 bridgehead atoms. The second kappa shape index (κ2) is 7.17. The largest absolute Gasteiger partial charge is 0.385 e. The highest BCUT2D eigenvalue weighted by Gasteiger charge is 2.14. The van der Waals surface area contributed by atoms with Gasteiger partial charge >= 0.3 is 0 Å². The van der Waals surface area contributed by atoms with E-state index in [1.54, 1.807) is 7.11 Å². The molecule has 86 valence electrons. The first-order chi connectivity index (χ1) is 6.55. The topological polar surface area (TPSA) is 81.4 Å². The van der Waals surface area contributed by atoms with Crippen LogP contribution in [0.25, 0.3) is 0 Å². The van der Waals surface area contributed by atoms with Crippen molar-refractivity contribution in [3.8, 4) is 0 Å². The van der Waals surface area contributed by atoms with Gasteiger partial charge in [0, 0.05) is 26.3 Å². The molecule has 0 aromatic carbocycles. The van der Waals surface area contributed by atoms with Crippen LogP contribution in [0.5, 0.6) is 0 Å². The van der Waals surface area contributed by atoms with Gasteiger partial charge in [0.1, 0.15) is 0 Å². The van der Waals surface area contributed by atoms with Crippen molar-refractivity contribution in [2.24, 2.45) is 5.73 Å². The van der Waals surface area contributed by atoms with Gasteiger partial charge in [0.15, 0.2) is 0 Å². The Morgan fingerprint density at radius 1 is 1.50 bits per heavy atom. The van der Waals surface area contributed by atoms with Crippen molar-refractivity contribution in [1.29, 1.82) is 0 Å². The second-order valence-corrected chi connectivity index (χ2v) is 5.00. The van der Waals surface area contributed by atoms with Crippen LogP contribution in [-0.4, -0.2) is 40.5 Å². The lowest BCUT2D eigenvalue weighted by Gasteiger charge is -2.14. The van der Waals surface area contributed by atoms with E-state index in [9.17, 15) is 8.42 Å². The van der Waals surface area contributed by atoms with E-state index in [4.69, 9.17) is 10.5 Å². The molecule has 0 radical (unpaired) electrons. The maximum absolute atomic E-state index is 11.4. The zero-order valence-electron chi connectivity index (χ0n) is 8.82. The van der Waals surface area contributed by atoms with Crippen LogP contribution in [0.1, 0.15) is 19.8 Å². The van der Waals surface area contributed by atoms with Crippen molar-refractivity contribution in [3.05, 3.63) is 0 Å². The Balaban J connectivity index is 3.93. The molecule has 0 heterocycles. The maximum Gasteiger partial charge on any atom is 0.211 e. The SMILES string of the molecule is CCC(CN)NS(=O)(=O)CCCOC. The van der Waals surface area contributed by atoms with Crippen LogP contribution in [0.4, 0.5) is 0 Å². The number of nitrogens with one attached hydrogen (secondary N) is 1. The number of methoxy groups -OCH3 is 1. The summed E-state index contributed by atoms with van der Waals surface area (Å²) in [5.41, 5.74) is 5.39. The van der Waals surface area contributed by atoms with Crippen LogP contribution in [0.3, 0.4) is 0 Å². The lowest BCUT2D eigenvalue weighted by molar-refractivity contribution is 0.199. The minimum atomic E-state index is -3.19. The summed E-state index contributed by atoms with van der Waals surface area (Å²) in [6, 6.07) is -0.150. The fourth-order valence-electron chi connectivity index (χ4n) is 1.00. The van der Waals surface area contributed by atoms with Gasteiger partial charge in [-0.05, 0) is 12.8 Å². The van der Waals surface area contributed by atoms with Crippen molar-refractivity contribution < 1.29 is 13.2 Å². The third-order valence-electron chi connectivity index (χ3n) is 1.89. The third-order valence-corrected chi connectivity index (χ3v) is 3.40. The van der Waals surface area contributed by atoms with E-state index in [-0.39, 0.29) is 11.8 Å². The van der Waals surface area contributed by atoms with Gasteiger partial charge in [-0.3, -0.25) is 0 Å². The molecule has 5 nitrogen and oxygen atoms in total. The highest BCUT2D eigenvalue weighted by atomic mass is 32.2. The zero-order chi connectivity index (χ0) is 11.0. The van der Waals surface area contributed by atoms with Crippen molar-refractivity contribution in [3.63, 3.8) is 0 Å². The first-order valence-corrected chi connectivity index (χ1v) is 6.40. The van der Waals surface area contributed by atoms with Crippen molar-refractivity contribution in [2.45, 2.75) is 25.8 Å². The molecule has 0 aromatic heterocycles. The highest BCUT2D eigenvalue weighted by Crippen LogP contribution is 1.95. The van der Waals surface area contributed by atoms with Gasteiger partial charge in [0.05, 0.1) is 5.75 Å². The van der Waals surface area contributed by atoms with Gasteiger partial charge in [-0.2, -0.15) is 0 Å². The minimum absolute atomic E-state index is 0.0946. The average Bonchev–Trinajstić information content (AvgIpc) is 2.14. The number of nitrogens with two attached hydrogens (primary N) is 1. The molecule has 6 heteroatoms. The molecule has 0 aliphatic carbocycles. The molecular weight excluding hydrogens is 204 g/mol. The van der Waals surface area contributed by atoms with Crippen LogP contribution in [0, 0.1) is 0 Å². The fraction of sp³-hybridized carbons (Fsp3) is 1.00. The van der Waals surface area contributed by atoms with Gasteiger partial charge in [-0.1, -0.05) is 6.92 Å². The molecule has 0 aromatic rings. The summed E-state index contributed by atoms with van der Waals surface area (Å²) in [7, 11) is -1.64. The Hall–Kier alpha value is -0.170. The summed E-state index contributed by atoms with van der Waals surface area (Å²) in [6.45, 7) is 2.69. The molecule has 0 spiro atoms. The Labute approximate surface area is 86.1 Å². The Kier molecular flexibility index (Phi) is 7.08. The first-order valence-electron chi connectivity index (χ1n) is 4.74. The summed E-state index contributed by atoms with van der Waals surface area (Å²) < 4.78 is 30.1. The normalized spacial score (nSPS) is 14.2. The molecule has 1 unspecified atom stereocenters.